The number of methoxy groups -OCH3 is 1. The first-order chi connectivity index (χ1) is 8.83. The molecular weight excluding hydrogens is 228 g/mol. The molecule has 102 valence electrons. The number of ether oxygens (including phenoxy) is 1. The molecule has 0 saturated carbocycles. The molecule has 0 radical (unpaired) electrons. The highest BCUT2D eigenvalue weighted by molar-refractivity contribution is 5.43. The molecule has 1 atom stereocenters. The second-order valence-corrected chi connectivity index (χ2v) is 4.86. The number of rotatable bonds is 7. The average molecular weight is 252 g/mol. The average Bonchev–Trinajstić information content (AvgIpc) is 3.02. The largest absolute Gasteiger partial charge is 0.383 e. The Morgan fingerprint density at radius 3 is 3.22 bits per heavy atom. The van der Waals surface area contributed by atoms with Gasteiger partial charge in [0.25, 0.3) is 0 Å². The fraction of sp³-hybridized carbons (Fsp3) is 0.769. The smallest absolute Gasteiger partial charge is 0.0752 e. The second kappa shape index (κ2) is 6.75. The van der Waals surface area contributed by atoms with Gasteiger partial charge in [-0.25, -0.2) is 0 Å². The van der Waals surface area contributed by atoms with E-state index in [1.54, 1.807) is 7.11 Å². The van der Waals surface area contributed by atoms with Crippen molar-refractivity contribution >= 4 is 5.69 Å². The predicted molar refractivity (Wildman–Crippen MR) is 73.0 cm³/mol. The number of nitrogens with one attached hydrogen (secondary N) is 1. The zero-order chi connectivity index (χ0) is 12.8. The van der Waals surface area contributed by atoms with Crippen LogP contribution in [0.5, 0.6) is 0 Å². The van der Waals surface area contributed by atoms with Gasteiger partial charge < -0.3 is 15.0 Å². The standard InChI is InChI=1S/C13H24N4O/c1-3-14-8-12-4-5-16(10-12)13-9-15-17(11-13)6-7-18-2/h9,11-12,14H,3-8,10H2,1-2H3. The van der Waals surface area contributed by atoms with Gasteiger partial charge in [0.05, 0.1) is 25.0 Å². The number of hydrogen-bond acceptors (Lipinski definition) is 4. The predicted octanol–water partition coefficient (Wildman–Crippen LogP) is 0.965. The SMILES string of the molecule is CCNCC1CCN(c2cnn(CCOC)c2)C1. The van der Waals surface area contributed by atoms with Gasteiger partial charge in [-0.1, -0.05) is 6.92 Å². The summed E-state index contributed by atoms with van der Waals surface area (Å²) in [5.41, 5.74) is 1.24. The Morgan fingerprint density at radius 2 is 2.44 bits per heavy atom. The summed E-state index contributed by atoms with van der Waals surface area (Å²) in [7, 11) is 1.72. The quantitative estimate of drug-likeness (QED) is 0.785. The van der Waals surface area contributed by atoms with Crippen LogP contribution in [0, 0.1) is 5.92 Å². The summed E-state index contributed by atoms with van der Waals surface area (Å²) in [6, 6.07) is 0. The van der Waals surface area contributed by atoms with Gasteiger partial charge in [0.1, 0.15) is 0 Å². The zero-order valence-electron chi connectivity index (χ0n) is 11.4. The first-order valence-corrected chi connectivity index (χ1v) is 6.80. The first kappa shape index (κ1) is 13.4. The molecule has 1 aromatic rings. The molecule has 1 aromatic heterocycles. The van der Waals surface area contributed by atoms with Gasteiger partial charge in [0, 0.05) is 26.4 Å². The minimum atomic E-state index is 0.712. The topological polar surface area (TPSA) is 42.3 Å². The van der Waals surface area contributed by atoms with Crippen molar-refractivity contribution in [1.29, 1.82) is 0 Å². The van der Waals surface area contributed by atoms with Gasteiger partial charge in [0.15, 0.2) is 0 Å². The summed E-state index contributed by atoms with van der Waals surface area (Å²) in [6.07, 6.45) is 5.36. The zero-order valence-corrected chi connectivity index (χ0v) is 11.4. The van der Waals surface area contributed by atoms with Gasteiger partial charge in [-0.05, 0) is 25.4 Å². The van der Waals surface area contributed by atoms with E-state index in [1.165, 1.54) is 12.1 Å². The molecule has 5 heteroatoms. The lowest BCUT2D eigenvalue weighted by molar-refractivity contribution is 0.183. The molecule has 2 rings (SSSR count). The molecule has 1 fully saturated rings. The summed E-state index contributed by atoms with van der Waals surface area (Å²) in [5.74, 6) is 0.771. The molecule has 0 bridgehead atoms. The lowest BCUT2D eigenvalue weighted by atomic mass is 10.1. The normalized spacial score (nSPS) is 19.7. The maximum Gasteiger partial charge on any atom is 0.0752 e. The van der Waals surface area contributed by atoms with Crippen LogP contribution in [0.2, 0.25) is 0 Å². The van der Waals surface area contributed by atoms with Gasteiger partial charge in [-0.2, -0.15) is 5.10 Å². The van der Waals surface area contributed by atoms with Crippen molar-refractivity contribution in [1.82, 2.24) is 15.1 Å². The van der Waals surface area contributed by atoms with Crippen LogP contribution in [-0.2, 0) is 11.3 Å². The monoisotopic (exact) mass is 252 g/mol. The fourth-order valence-corrected chi connectivity index (χ4v) is 2.41. The summed E-state index contributed by atoms with van der Waals surface area (Å²) in [6.45, 7) is 8.17. The van der Waals surface area contributed by atoms with E-state index in [2.05, 4.69) is 28.4 Å². The van der Waals surface area contributed by atoms with Gasteiger partial charge in [-0.3, -0.25) is 4.68 Å². The molecule has 0 aromatic carbocycles. The maximum absolute atomic E-state index is 5.06. The molecule has 2 heterocycles. The van der Waals surface area contributed by atoms with Crippen LogP contribution < -0.4 is 10.2 Å². The number of hydrogen-bond donors (Lipinski definition) is 1. The highest BCUT2D eigenvalue weighted by Crippen LogP contribution is 2.22. The Kier molecular flexibility index (Phi) is 5.01. The molecule has 1 N–H and O–H groups in total. The first-order valence-electron chi connectivity index (χ1n) is 6.80. The Balaban J connectivity index is 1.83. The summed E-state index contributed by atoms with van der Waals surface area (Å²) in [5, 5.41) is 7.80. The Labute approximate surface area is 109 Å². The second-order valence-electron chi connectivity index (χ2n) is 4.86. The maximum atomic E-state index is 5.06. The van der Waals surface area contributed by atoms with Crippen LogP contribution in [0.15, 0.2) is 12.4 Å². The van der Waals surface area contributed by atoms with E-state index < -0.39 is 0 Å². The van der Waals surface area contributed by atoms with Crippen LogP contribution in [0.3, 0.4) is 0 Å². The Morgan fingerprint density at radius 1 is 1.56 bits per heavy atom. The number of nitrogens with zero attached hydrogens (tertiary/aromatic N) is 3. The van der Waals surface area contributed by atoms with Crippen LogP contribution >= 0.6 is 0 Å². The highest BCUT2D eigenvalue weighted by atomic mass is 16.5. The van der Waals surface area contributed by atoms with Crippen LogP contribution in [-0.4, -0.2) is 49.7 Å². The third-order valence-electron chi connectivity index (χ3n) is 3.48. The highest BCUT2D eigenvalue weighted by Gasteiger charge is 2.22. The molecule has 1 saturated heterocycles. The van der Waals surface area contributed by atoms with E-state index in [0.717, 1.165) is 38.6 Å². The molecule has 0 amide bonds. The van der Waals surface area contributed by atoms with Crippen LogP contribution in [0.1, 0.15) is 13.3 Å². The summed E-state index contributed by atoms with van der Waals surface area (Å²) < 4.78 is 7.01. The lowest BCUT2D eigenvalue weighted by Crippen LogP contribution is -2.26. The summed E-state index contributed by atoms with van der Waals surface area (Å²) in [4.78, 5) is 2.43. The molecular formula is C13H24N4O. The molecule has 1 unspecified atom stereocenters. The van der Waals surface area contributed by atoms with Crippen LogP contribution in [0.25, 0.3) is 0 Å². The van der Waals surface area contributed by atoms with E-state index in [1.807, 2.05) is 10.9 Å². The van der Waals surface area contributed by atoms with E-state index in [0.29, 0.717) is 6.61 Å². The minimum absolute atomic E-state index is 0.712. The van der Waals surface area contributed by atoms with Crippen molar-refractivity contribution in [2.24, 2.45) is 5.92 Å². The van der Waals surface area contributed by atoms with Gasteiger partial charge in [-0.15, -0.1) is 0 Å². The third-order valence-corrected chi connectivity index (χ3v) is 3.48. The fourth-order valence-electron chi connectivity index (χ4n) is 2.41. The van der Waals surface area contributed by atoms with Crippen LogP contribution in [0.4, 0.5) is 5.69 Å². The van der Waals surface area contributed by atoms with Crippen molar-refractivity contribution in [2.75, 3.05) is 44.8 Å². The van der Waals surface area contributed by atoms with Crippen molar-refractivity contribution in [3.05, 3.63) is 12.4 Å². The molecule has 18 heavy (non-hydrogen) atoms. The number of aromatic nitrogens is 2. The molecule has 1 aliphatic heterocycles. The van der Waals surface area contributed by atoms with Crippen molar-refractivity contribution in [3.63, 3.8) is 0 Å². The molecule has 0 spiro atoms. The van der Waals surface area contributed by atoms with Gasteiger partial charge >= 0.3 is 0 Å². The van der Waals surface area contributed by atoms with Crippen molar-refractivity contribution in [3.8, 4) is 0 Å². The summed E-state index contributed by atoms with van der Waals surface area (Å²) >= 11 is 0. The molecule has 0 aliphatic carbocycles. The van der Waals surface area contributed by atoms with E-state index in [4.69, 9.17) is 4.74 Å². The van der Waals surface area contributed by atoms with Gasteiger partial charge in [0.2, 0.25) is 0 Å². The third kappa shape index (κ3) is 3.46. The number of anilines is 1. The van der Waals surface area contributed by atoms with E-state index in [-0.39, 0.29) is 0 Å². The lowest BCUT2D eigenvalue weighted by Gasteiger charge is -2.16. The van der Waals surface area contributed by atoms with Crippen molar-refractivity contribution in [2.45, 2.75) is 19.9 Å². The minimum Gasteiger partial charge on any atom is -0.383 e. The van der Waals surface area contributed by atoms with Crippen molar-refractivity contribution < 1.29 is 4.74 Å². The molecule has 1 aliphatic rings. The Bertz CT molecular complexity index is 353. The van der Waals surface area contributed by atoms with E-state index >= 15 is 0 Å². The molecule has 5 nitrogen and oxygen atoms in total. The van der Waals surface area contributed by atoms with E-state index in [9.17, 15) is 0 Å². The Hall–Kier alpha value is -1.07.